The van der Waals surface area contributed by atoms with Gasteiger partial charge in [-0.05, 0) is 43.0 Å². The van der Waals surface area contributed by atoms with Crippen molar-refractivity contribution in [2.75, 3.05) is 18.0 Å². The minimum Gasteiger partial charge on any atom is -0.545 e. The molecule has 0 N–H and O–H groups in total. The molecule has 1 aliphatic rings. The first kappa shape index (κ1) is 17.3. The number of nitrogens with zero attached hydrogens (tertiary/aromatic N) is 1. The Kier molecular flexibility index (Phi) is 5.91. The minimum atomic E-state index is -4.56. The second-order valence-corrected chi connectivity index (χ2v) is 4.60. The molecular weight excluding hydrogens is 282 g/mol. The molecule has 104 valence electrons. The van der Waals surface area contributed by atoms with Crippen molar-refractivity contribution in [3.63, 3.8) is 0 Å². The Morgan fingerprint density at radius 2 is 1.70 bits per heavy atom. The second-order valence-electron chi connectivity index (χ2n) is 4.60. The Labute approximate surface area is 137 Å². The SMILES string of the molecule is O=C([O-])c1cc(N2CCCCC2)cc(C(F)(F)F)c1.[Na+]. The molecule has 1 saturated heterocycles. The van der Waals surface area contributed by atoms with Gasteiger partial charge in [-0.2, -0.15) is 13.2 Å². The quantitative estimate of drug-likeness (QED) is 0.662. The number of carboxylic acid groups (broad SMARTS) is 1. The van der Waals surface area contributed by atoms with Crippen molar-refractivity contribution < 1.29 is 52.6 Å². The monoisotopic (exact) mass is 295 g/mol. The second kappa shape index (κ2) is 6.83. The van der Waals surface area contributed by atoms with Gasteiger partial charge >= 0.3 is 35.7 Å². The number of carbonyl (C=O) groups is 1. The van der Waals surface area contributed by atoms with Gasteiger partial charge in [0.2, 0.25) is 0 Å². The van der Waals surface area contributed by atoms with E-state index in [4.69, 9.17) is 0 Å². The van der Waals surface area contributed by atoms with Crippen molar-refractivity contribution in [1.82, 2.24) is 0 Å². The van der Waals surface area contributed by atoms with Crippen LogP contribution in [0.2, 0.25) is 0 Å². The van der Waals surface area contributed by atoms with E-state index < -0.39 is 23.3 Å². The third kappa shape index (κ3) is 4.14. The summed E-state index contributed by atoms with van der Waals surface area (Å²) in [6, 6.07) is 2.86. The van der Waals surface area contributed by atoms with Gasteiger partial charge < -0.3 is 14.8 Å². The predicted molar refractivity (Wildman–Crippen MR) is 61.8 cm³/mol. The van der Waals surface area contributed by atoms with Crippen LogP contribution in [0.15, 0.2) is 18.2 Å². The fraction of sp³-hybridized carbons (Fsp3) is 0.462. The standard InChI is InChI=1S/C13H14F3NO2.Na/c14-13(15,16)10-6-9(12(18)19)7-11(8-10)17-4-2-1-3-5-17;/h6-8H,1-5H2,(H,18,19);/q;+1/p-1. The molecular formula is C13H13F3NNaO2. The molecule has 0 unspecified atom stereocenters. The summed E-state index contributed by atoms with van der Waals surface area (Å²) in [5.41, 5.74) is -1.08. The molecule has 1 heterocycles. The number of carbonyl (C=O) groups excluding carboxylic acids is 1. The van der Waals surface area contributed by atoms with Gasteiger partial charge in [-0.15, -0.1) is 0 Å². The van der Waals surface area contributed by atoms with Crippen LogP contribution in [-0.4, -0.2) is 19.1 Å². The minimum absolute atomic E-state index is 0. The average molecular weight is 295 g/mol. The molecule has 1 aromatic rings. The van der Waals surface area contributed by atoms with Crippen LogP contribution < -0.4 is 39.6 Å². The topological polar surface area (TPSA) is 43.4 Å². The Morgan fingerprint density at radius 3 is 2.20 bits per heavy atom. The van der Waals surface area contributed by atoms with Crippen LogP contribution in [0.3, 0.4) is 0 Å². The van der Waals surface area contributed by atoms with E-state index in [0.29, 0.717) is 24.8 Å². The van der Waals surface area contributed by atoms with E-state index in [1.165, 1.54) is 6.07 Å². The summed E-state index contributed by atoms with van der Waals surface area (Å²) in [7, 11) is 0. The van der Waals surface area contributed by atoms with Crippen LogP contribution in [-0.2, 0) is 6.18 Å². The van der Waals surface area contributed by atoms with Crippen molar-refractivity contribution in [1.29, 1.82) is 0 Å². The number of halogens is 3. The summed E-state index contributed by atoms with van der Waals surface area (Å²) in [4.78, 5) is 12.6. The predicted octanol–water partition coefficient (Wildman–Crippen LogP) is -0.937. The molecule has 0 spiro atoms. The number of benzene rings is 1. The number of aromatic carboxylic acids is 1. The Hall–Kier alpha value is -0.720. The summed E-state index contributed by atoms with van der Waals surface area (Å²) < 4.78 is 38.2. The van der Waals surface area contributed by atoms with Gasteiger partial charge in [0.05, 0.1) is 11.5 Å². The van der Waals surface area contributed by atoms with Gasteiger partial charge in [0, 0.05) is 18.8 Å². The Bertz CT molecular complexity index is 485. The van der Waals surface area contributed by atoms with E-state index in [1.807, 2.05) is 0 Å². The van der Waals surface area contributed by atoms with Crippen LogP contribution in [0.25, 0.3) is 0 Å². The molecule has 0 atom stereocenters. The zero-order chi connectivity index (χ0) is 14.0. The summed E-state index contributed by atoms with van der Waals surface area (Å²) in [6.45, 7) is 1.29. The van der Waals surface area contributed by atoms with Gasteiger partial charge in [0.25, 0.3) is 0 Å². The average Bonchev–Trinajstić information content (AvgIpc) is 2.38. The van der Waals surface area contributed by atoms with Gasteiger partial charge in [-0.3, -0.25) is 0 Å². The van der Waals surface area contributed by atoms with Crippen molar-refractivity contribution in [3.8, 4) is 0 Å². The number of piperidine rings is 1. The maximum absolute atomic E-state index is 12.7. The zero-order valence-corrected chi connectivity index (χ0v) is 13.2. The fourth-order valence-corrected chi connectivity index (χ4v) is 2.23. The first-order valence-corrected chi connectivity index (χ1v) is 6.06. The van der Waals surface area contributed by atoms with Crippen LogP contribution in [0, 0.1) is 0 Å². The van der Waals surface area contributed by atoms with Crippen LogP contribution in [0.1, 0.15) is 35.2 Å². The molecule has 3 nitrogen and oxygen atoms in total. The third-order valence-corrected chi connectivity index (χ3v) is 3.20. The molecule has 0 amide bonds. The maximum Gasteiger partial charge on any atom is 1.00 e. The van der Waals surface area contributed by atoms with E-state index >= 15 is 0 Å². The number of hydrogen-bond acceptors (Lipinski definition) is 3. The van der Waals surface area contributed by atoms with E-state index in [-0.39, 0.29) is 29.6 Å². The Balaban J connectivity index is 0.00000200. The van der Waals surface area contributed by atoms with Crippen molar-refractivity contribution >= 4 is 11.7 Å². The van der Waals surface area contributed by atoms with Crippen LogP contribution in [0.5, 0.6) is 0 Å². The molecule has 1 aliphatic heterocycles. The molecule has 0 saturated carbocycles. The number of alkyl halides is 3. The van der Waals surface area contributed by atoms with Gasteiger partial charge in [-0.1, -0.05) is 0 Å². The first-order chi connectivity index (χ1) is 8.88. The Morgan fingerprint density at radius 1 is 1.10 bits per heavy atom. The van der Waals surface area contributed by atoms with Crippen molar-refractivity contribution in [2.45, 2.75) is 25.4 Å². The van der Waals surface area contributed by atoms with Gasteiger partial charge in [0.1, 0.15) is 0 Å². The maximum atomic E-state index is 12.7. The summed E-state index contributed by atoms with van der Waals surface area (Å²) in [5.74, 6) is -1.59. The van der Waals surface area contributed by atoms with E-state index in [9.17, 15) is 23.1 Å². The number of rotatable bonds is 2. The van der Waals surface area contributed by atoms with E-state index in [0.717, 1.165) is 25.3 Å². The molecule has 20 heavy (non-hydrogen) atoms. The number of anilines is 1. The zero-order valence-electron chi connectivity index (χ0n) is 11.2. The molecule has 1 aromatic carbocycles. The molecule has 0 aliphatic carbocycles. The molecule has 0 bridgehead atoms. The van der Waals surface area contributed by atoms with E-state index in [1.54, 1.807) is 4.90 Å². The van der Waals surface area contributed by atoms with Gasteiger partial charge in [0.15, 0.2) is 0 Å². The van der Waals surface area contributed by atoms with Crippen molar-refractivity contribution in [2.24, 2.45) is 0 Å². The van der Waals surface area contributed by atoms with Crippen LogP contribution >= 0.6 is 0 Å². The first-order valence-electron chi connectivity index (χ1n) is 6.06. The summed E-state index contributed by atoms with van der Waals surface area (Å²) in [6.07, 6.45) is -1.72. The molecule has 7 heteroatoms. The smallest absolute Gasteiger partial charge is 0.545 e. The normalized spacial score (nSPS) is 15.7. The molecule has 2 rings (SSSR count). The number of hydrogen-bond donors (Lipinski definition) is 0. The molecule has 0 radical (unpaired) electrons. The summed E-state index contributed by atoms with van der Waals surface area (Å²) >= 11 is 0. The number of carboxylic acids is 1. The van der Waals surface area contributed by atoms with Crippen molar-refractivity contribution in [3.05, 3.63) is 29.3 Å². The fourth-order valence-electron chi connectivity index (χ4n) is 2.23. The van der Waals surface area contributed by atoms with E-state index in [2.05, 4.69) is 0 Å². The third-order valence-electron chi connectivity index (χ3n) is 3.20. The van der Waals surface area contributed by atoms with Gasteiger partial charge in [-0.25, -0.2) is 0 Å². The summed E-state index contributed by atoms with van der Waals surface area (Å²) in [5, 5.41) is 10.8. The molecule has 1 fully saturated rings. The molecule has 0 aromatic heterocycles. The largest absolute Gasteiger partial charge is 1.00 e. The van der Waals surface area contributed by atoms with Crippen LogP contribution in [0.4, 0.5) is 18.9 Å².